The number of thiophene rings is 1. The van der Waals surface area contributed by atoms with E-state index in [2.05, 4.69) is 15.9 Å². The molecule has 2 rings (SSSR count). The van der Waals surface area contributed by atoms with Crippen molar-refractivity contribution in [2.24, 2.45) is 0 Å². The molecule has 0 atom stereocenters. The maximum absolute atomic E-state index is 13.6. The Balaban J connectivity index is 2.74. The van der Waals surface area contributed by atoms with E-state index in [9.17, 15) is 18.5 Å². The van der Waals surface area contributed by atoms with Crippen LogP contribution in [0.15, 0.2) is 22.7 Å². The Bertz CT molecular complexity index is 666. The normalized spacial score (nSPS) is 13.2. The van der Waals surface area contributed by atoms with Gasteiger partial charge in [-0.05, 0) is 34.1 Å². The quantitative estimate of drug-likeness (QED) is 0.716. The molecular formula is C9H6BrF2O4PS. The molecule has 0 unspecified atom stereocenters. The molecule has 0 aliphatic rings. The summed E-state index contributed by atoms with van der Waals surface area (Å²) in [4.78, 5) is 16.6. The van der Waals surface area contributed by atoms with Gasteiger partial charge in [-0.1, -0.05) is 0 Å². The summed E-state index contributed by atoms with van der Waals surface area (Å²) in [5.74, 6) is -0.109. The van der Waals surface area contributed by atoms with Crippen molar-refractivity contribution in [2.45, 2.75) is 5.66 Å². The van der Waals surface area contributed by atoms with Gasteiger partial charge in [0.25, 0.3) is 0 Å². The van der Waals surface area contributed by atoms with Gasteiger partial charge >= 0.3 is 13.3 Å². The largest absolute Gasteiger partial charge is 0.508 e. The number of benzene rings is 1. The van der Waals surface area contributed by atoms with Crippen LogP contribution < -0.4 is 0 Å². The zero-order chi connectivity index (χ0) is 13.7. The number of rotatable bonds is 2. The lowest BCUT2D eigenvalue weighted by Crippen LogP contribution is -2.12. The first kappa shape index (κ1) is 13.9. The van der Waals surface area contributed by atoms with E-state index in [0.717, 1.165) is 0 Å². The molecule has 18 heavy (non-hydrogen) atoms. The van der Waals surface area contributed by atoms with Crippen LogP contribution in [-0.2, 0) is 10.2 Å². The molecule has 0 aliphatic carbocycles. The van der Waals surface area contributed by atoms with E-state index in [1.165, 1.54) is 18.2 Å². The standard InChI is InChI=1S/C9H6BrF2O4PS/c10-7-5-2-1-4(13)3-6(5)18-8(7)9(11,12)17(14,15)16/h1-3,13H,(H2,14,15,16). The summed E-state index contributed by atoms with van der Waals surface area (Å²) in [7, 11) is -5.60. The fourth-order valence-corrected chi connectivity index (χ4v) is 4.37. The van der Waals surface area contributed by atoms with Gasteiger partial charge < -0.3 is 14.9 Å². The minimum absolute atomic E-state index is 0.0733. The van der Waals surface area contributed by atoms with Crippen molar-refractivity contribution in [1.29, 1.82) is 0 Å². The first-order chi connectivity index (χ1) is 8.14. The van der Waals surface area contributed by atoms with E-state index in [-0.39, 0.29) is 10.2 Å². The van der Waals surface area contributed by atoms with Gasteiger partial charge in [-0.25, -0.2) is 0 Å². The van der Waals surface area contributed by atoms with Gasteiger partial charge in [-0.2, -0.15) is 8.78 Å². The number of fused-ring (bicyclic) bond motifs is 1. The van der Waals surface area contributed by atoms with Crippen molar-refractivity contribution in [2.75, 3.05) is 0 Å². The Kier molecular flexibility index (Phi) is 3.28. The van der Waals surface area contributed by atoms with Gasteiger partial charge in [0.15, 0.2) is 0 Å². The highest BCUT2D eigenvalue weighted by Crippen LogP contribution is 2.62. The third-order valence-corrected chi connectivity index (χ3v) is 5.67. The highest BCUT2D eigenvalue weighted by molar-refractivity contribution is 9.10. The number of hydrogen-bond acceptors (Lipinski definition) is 3. The molecule has 0 saturated carbocycles. The molecule has 2 aromatic rings. The summed E-state index contributed by atoms with van der Waals surface area (Å²) >= 11 is 3.43. The number of halogens is 3. The molecule has 0 bridgehead atoms. The van der Waals surface area contributed by atoms with E-state index in [1.54, 1.807) is 0 Å². The average Bonchev–Trinajstić information content (AvgIpc) is 2.54. The topological polar surface area (TPSA) is 77.8 Å². The summed E-state index contributed by atoms with van der Waals surface area (Å²) in [6.45, 7) is 0. The molecule has 0 aliphatic heterocycles. The molecule has 0 radical (unpaired) electrons. The van der Waals surface area contributed by atoms with Crippen molar-refractivity contribution in [3.63, 3.8) is 0 Å². The summed E-state index contributed by atoms with van der Waals surface area (Å²) in [6, 6.07) is 3.95. The maximum atomic E-state index is 13.6. The molecule has 0 fully saturated rings. The number of alkyl halides is 2. The van der Waals surface area contributed by atoms with Crippen LogP contribution in [0.25, 0.3) is 10.1 Å². The molecule has 0 spiro atoms. The van der Waals surface area contributed by atoms with Gasteiger partial charge in [0.1, 0.15) is 10.6 Å². The zero-order valence-corrected chi connectivity index (χ0v) is 11.8. The van der Waals surface area contributed by atoms with Crippen molar-refractivity contribution in [1.82, 2.24) is 0 Å². The highest BCUT2D eigenvalue weighted by atomic mass is 79.9. The highest BCUT2D eigenvalue weighted by Gasteiger charge is 2.53. The van der Waals surface area contributed by atoms with Crippen LogP contribution >= 0.6 is 34.9 Å². The van der Waals surface area contributed by atoms with Crippen LogP contribution in [0.5, 0.6) is 5.75 Å². The van der Waals surface area contributed by atoms with Crippen LogP contribution in [0.4, 0.5) is 8.78 Å². The fourth-order valence-electron chi connectivity index (χ4n) is 1.38. The van der Waals surface area contributed by atoms with Crippen LogP contribution in [-0.4, -0.2) is 14.9 Å². The Morgan fingerprint density at radius 2 is 1.94 bits per heavy atom. The average molecular weight is 359 g/mol. The fraction of sp³-hybridized carbons (Fsp3) is 0.111. The van der Waals surface area contributed by atoms with E-state index in [1.807, 2.05) is 0 Å². The molecule has 1 aromatic heterocycles. The molecule has 4 nitrogen and oxygen atoms in total. The zero-order valence-electron chi connectivity index (χ0n) is 8.47. The minimum Gasteiger partial charge on any atom is -0.508 e. The van der Waals surface area contributed by atoms with Gasteiger partial charge in [-0.3, -0.25) is 4.57 Å². The third-order valence-electron chi connectivity index (χ3n) is 2.25. The minimum atomic E-state index is -5.60. The molecule has 1 aromatic carbocycles. The van der Waals surface area contributed by atoms with Gasteiger partial charge in [0.05, 0.1) is 0 Å². The van der Waals surface area contributed by atoms with Gasteiger partial charge in [-0.15, -0.1) is 11.3 Å². The third kappa shape index (κ3) is 2.08. The number of phenols is 1. The maximum Gasteiger partial charge on any atom is 0.400 e. The molecule has 0 amide bonds. The SMILES string of the molecule is O=P(O)(O)C(F)(F)c1sc2cc(O)ccc2c1Br. The van der Waals surface area contributed by atoms with Gasteiger partial charge in [0, 0.05) is 14.6 Å². The Morgan fingerprint density at radius 3 is 2.50 bits per heavy atom. The predicted molar refractivity (Wildman–Crippen MR) is 67.1 cm³/mol. The number of hydrogen-bond donors (Lipinski definition) is 3. The lowest BCUT2D eigenvalue weighted by molar-refractivity contribution is 0.0595. The molecule has 0 saturated heterocycles. The van der Waals surface area contributed by atoms with Crippen molar-refractivity contribution in [3.8, 4) is 5.75 Å². The lowest BCUT2D eigenvalue weighted by Gasteiger charge is -2.16. The number of aromatic hydroxyl groups is 1. The second-order valence-corrected chi connectivity index (χ2v) is 7.01. The summed E-state index contributed by atoms with van der Waals surface area (Å²) < 4.78 is 38.3. The van der Waals surface area contributed by atoms with Crippen molar-refractivity contribution < 1.29 is 28.2 Å². The molecule has 98 valence electrons. The predicted octanol–water partition coefficient (Wildman–Crippen LogP) is 3.60. The number of phenolic OH excluding ortho intramolecular Hbond substituents is 1. The van der Waals surface area contributed by atoms with E-state index < -0.39 is 18.1 Å². The van der Waals surface area contributed by atoms with E-state index in [0.29, 0.717) is 21.4 Å². The molecular weight excluding hydrogens is 353 g/mol. The summed E-state index contributed by atoms with van der Waals surface area (Å²) in [5.41, 5.74) is -4.26. The summed E-state index contributed by atoms with van der Waals surface area (Å²) in [5, 5.41) is 9.61. The molecule has 1 heterocycles. The van der Waals surface area contributed by atoms with Crippen molar-refractivity contribution >= 4 is 44.9 Å². The van der Waals surface area contributed by atoms with E-state index >= 15 is 0 Å². The lowest BCUT2D eigenvalue weighted by atomic mass is 10.2. The second kappa shape index (κ2) is 4.25. The van der Waals surface area contributed by atoms with Crippen LogP contribution in [0.3, 0.4) is 0 Å². The smallest absolute Gasteiger partial charge is 0.400 e. The van der Waals surface area contributed by atoms with Gasteiger partial charge in [0.2, 0.25) is 0 Å². The van der Waals surface area contributed by atoms with Crippen LogP contribution in [0.2, 0.25) is 0 Å². The van der Waals surface area contributed by atoms with E-state index in [4.69, 9.17) is 9.79 Å². The summed E-state index contributed by atoms with van der Waals surface area (Å²) in [6.07, 6.45) is 0. The first-order valence-electron chi connectivity index (χ1n) is 4.49. The van der Waals surface area contributed by atoms with Crippen molar-refractivity contribution in [3.05, 3.63) is 27.5 Å². The Hall–Kier alpha value is -0.530. The second-order valence-electron chi connectivity index (χ2n) is 3.51. The molecule has 9 heteroatoms. The Morgan fingerprint density at radius 1 is 1.33 bits per heavy atom. The molecule has 3 N–H and O–H groups in total. The Labute approximate surface area is 112 Å². The first-order valence-corrected chi connectivity index (χ1v) is 7.71. The van der Waals surface area contributed by atoms with Crippen LogP contribution in [0, 0.1) is 0 Å². The van der Waals surface area contributed by atoms with Crippen LogP contribution in [0.1, 0.15) is 4.88 Å². The monoisotopic (exact) mass is 358 g/mol.